The van der Waals surface area contributed by atoms with Gasteiger partial charge in [0.15, 0.2) is 0 Å². The van der Waals surface area contributed by atoms with Crippen molar-refractivity contribution in [1.29, 1.82) is 0 Å². The molecule has 4 nitrogen and oxygen atoms in total. The van der Waals surface area contributed by atoms with Gasteiger partial charge in [-0.3, -0.25) is 4.79 Å². The molecule has 0 aromatic carbocycles. The summed E-state index contributed by atoms with van der Waals surface area (Å²) in [7, 11) is 0. The first-order chi connectivity index (χ1) is 13.4. The molecule has 4 saturated carbocycles. The summed E-state index contributed by atoms with van der Waals surface area (Å²) >= 11 is 0. The number of nitrogens with zero attached hydrogens (tertiary/aromatic N) is 1. The van der Waals surface area contributed by atoms with Gasteiger partial charge in [-0.1, -0.05) is 31.2 Å². The summed E-state index contributed by atoms with van der Waals surface area (Å²) in [5.41, 5.74) is 2.93. The van der Waals surface area contributed by atoms with Crippen molar-refractivity contribution in [2.24, 2.45) is 39.7 Å². The highest BCUT2D eigenvalue weighted by Gasteiger charge is 2.60. The van der Waals surface area contributed by atoms with Crippen LogP contribution >= 0.6 is 0 Å². The lowest BCUT2D eigenvalue weighted by atomic mass is 9.44. The summed E-state index contributed by atoms with van der Waals surface area (Å²) in [5, 5.41) is 7.93. The summed E-state index contributed by atoms with van der Waals surface area (Å²) in [6, 6.07) is 0. The van der Waals surface area contributed by atoms with E-state index in [-0.39, 0.29) is 11.5 Å². The van der Waals surface area contributed by atoms with E-state index in [1.807, 2.05) is 0 Å². The van der Waals surface area contributed by atoms with Gasteiger partial charge in [0.1, 0.15) is 11.9 Å². The van der Waals surface area contributed by atoms with Crippen LogP contribution in [0.3, 0.4) is 0 Å². The molecule has 5 fully saturated rings. The minimum atomic E-state index is -0.0465. The van der Waals surface area contributed by atoms with Crippen molar-refractivity contribution in [3.8, 4) is 0 Å². The molecule has 0 amide bonds. The second kappa shape index (κ2) is 6.68. The fraction of sp³-hybridized carbons (Fsp3) is 0.833. The summed E-state index contributed by atoms with van der Waals surface area (Å²) < 4.78 is 0. The van der Waals surface area contributed by atoms with Crippen molar-refractivity contribution in [3.63, 3.8) is 0 Å². The largest absolute Gasteiger partial charge is 0.391 e. The number of rotatable bonds is 2. The molecule has 1 unspecified atom stereocenters. The van der Waals surface area contributed by atoms with Crippen LogP contribution in [-0.4, -0.2) is 30.7 Å². The van der Waals surface area contributed by atoms with E-state index in [0.29, 0.717) is 29.0 Å². The molecule has 0 aromatic heterocycles. The van der Waals surface area contributed by atoms with Gasteiger partial charge in [-0.25, -0.2) is 0 Å². The minimum Gasteiger partial charge on any atom is -0.391 e. The van der Waals surface area contributed by atoms with Gasteiger partial charge in [0.2, 0.25) is 0 Å². The average molecular weight is 385 g/mol. The molecule has 4 heteroatoms. The van der Waals surface area contributed by atoms with Gasteiger partial charge >= 0.3 is 0 Å². The van der Waals surface area contributed by atoms with E-state index in [1.54, 1.807) is 0 Å². The van der Waals surface area contributed by atoms with Crippen molar-refractivity contribution in [2.45, 2.75) is 77.7 Å². The predicted octanol–water partition coefficient (Wildman–Crippen LogP) is 4.50. The van der Waals surface area contributed by atoms with Crippen molar-refractivity contribution in [1.82, 2.24) is 5.32 Å². The molecular weight excluding hydrogens is 348 g/mol. The standard InChI is InChI=1S/C24H36N2O2/c1-15-12-18-19-4-5-22(27)24(19,3)10-7-20(18)23(2)9-6-16(13-21(15)23)26-28-17-8-11-25-14-17/h17-21,25H,1,4-14H2,2-3H3/t17-,18+,19+,20-,21?,23-,24+/m1/s1. The topological polar surface area (TPSA) is 50.7 Å². The van der Waals surface area contributed by atoms with Crippen LogP contribution in [0.1, 0.15) is 71.6 Å². The number of carbonyl (C=O) groups is 1. The van der Waals surface area contributed by atoms with E-state index < -0.39 is 0 Å². The Bertz CT molecular complexity index is 709. The maximum Gasteiger partial charge on any atom is 0.141 e. The highest BCUT2D eigenvalue weighted by atomic mass is 16.6. The summed E-state index contributed by atoms with van der Waals surface area (Å²) in [6.45, 7) is 11.3. The Morgan fingerprint density at radius 3 is 2.75 bits per heavy atom. The van der Waals surface area contributed by atoms with Crippen molar-refractivity contribution >= 4 is 11.5 Å². The number of oxime groups is 1. The number of fused-ring (bicyclic) bond motifs is 5. The lowest BCUT2D eigenvalue weighted by Crippen LogP contribution is -2.54. The third kappa shape index (κ3) is 2.74. The van der Waals surface area contributed by atoms with E-state index in [0.717, 1.165) is 64.0 Å². The zero-order chi connectivity index (χ0) is 19.5. The first-order valence-electron chi connectivity index (χ1n) is 11.5. The van der Waals surface area contributed by atoms with Crippen LogP contribution in [0, 0.1) is 34.5 Å². The maximum absolute atomic E-state index is 12.6. The quantitative estimate of drug-likeness (QED) is 0.563. The second-order valence-electron chi connectivity index (χ2n) is 10.8. The SMILES string of the molecule is C=C1C[C@@H]2[C@@H](CC[C@]3(C)C(=O)CC[C@@H]23)[C@@]2(C)CCC(=NO[C@@H]3CCNC3)CC12. The van der Waals surface area contributed by atoms with E-state index in [9.17, 15) is 4.79 Å². The number of carbonyl (C=O) groups excluding carboxylic acids is 1. The number of nitrogens with one attached hydrogen (secondary N) is 1. The van der Waals surface area contributed by atoms with Crippen molar-refractivity contribution in [2.75, 3.05) is 13.1 Å². The Morgan fingerprint density at radius 2 is 1.96 bits per heavy atom. The summed E-state index contributed by atoms with van der Waals surface area (Å²) in [4.78, 5) is 18.5. The number of hydrogen-bond donors (Lipinski definition) is 1. The van der Waals surface area contributed by atoms with Crippen LogP contribution in [0.25, 0.3) is 0 Å². The van der Waals surface area contributed by atoms with Gasteiger partial charge in [0, 0.05) is 24.8 Å². The lowest BCUT2D eigenvalue weighted by molar-refractivity contribution is -0.134. The number of ketones is 1. The molecule has 7 atom stereocenters. The molecule has 0 aromatic rings. The van der Waals surface area contributed by atoms with Gasteiger partial charge in [0.25, 0.3) is 0 Å². The molecule has 154 valence electrons. The molecule has 28 heavy (non-hydrogen) atoms. The zero-order valence-corrected chi connectivity index (χ0v) is 17.6. The van der Waals surface area contributed by atoms with Crippen LogP contribution in [0.2, 0.25) is 0 Å². The molecule has 1 N–H and O–H groups in total. The van der Waals surface area contributed by atoms with E-state index >= 15 is 0 Å². The summed E-state index contributed by atoms with van der Waals surface area (Å²) in [6.07, 6.45) is 9.96. The lowest BCUT2D eigenvalue weighted by Gasteiger charge is -2.60. The number of Topliss-reactive ketones (excluding diaryl/α,β-unsaturated/α-hetero) is 1. The number of allylic oxidation sites excluding steroid dienone is 1. The maximum atomic E-state index is 12.6. The molecule has 5 aliphatic rings. The predicted molar refractivity (Wildman–Crippen MR) is 111 cm³/mol. The molecule has 0 spiro atoms. The molecule has 1 saturated heterocycles. The zero-order valence-electron chi connectivity index (χ0n) is 17.6. The second-order valence-corrected chi connectivity index (χ2v) is 10.8. The first kappa shape index (κ1) is 18.8. The highest BCUT2D eigenvalue weighted by molar-refractivity contribution is 5.87. The third-order valence-electron chi connectivity index (χ3n) is 9.52. The van der Waals surface area contributed by atoms with Gasteiger partial charge < -0.3 is 10.2 Å². The van der Waals surface area contributed by atoms with Crippen molar-refractivity contribution < 1.29 is 9.63 Å². The fourth-order valence-electron chi connectivity index (χ4n) is 7.77. The average Bonchev–Trinajstić information content (AvgIpc) is 3.29. The first-order valence-corrected chi connectivity index (χ1v) is 11.5. The molecule has 5 rings (SSSR count). The molecular formula is C24H36N2O2. The van der Waals surface area contributed by atoms with Crippen LogP contribution in [-0.2, 0) is 9.63 Å². The molecule has 1 heterocycles. The van der Waals surface area contributed by atoms with Gasteiger partial charge in [-0.15, -0.1) is 0 Å². The minimum absolute atomic E-state index is 0.0465. The van der Waals surface area contributed by atoms with E-state index in [2.05, 4.69) is 30.9 Å². The highest BCUT2D eigenvalue weighted by Crippen LogP contribution is 2.66. The van der Waals surface area contributed by atoms with Crippen LogP contribution in [0.4, 0.5) is 0 Å². The Balaban J connectivity index is 1.35. The molecule has 4 aliphatic carbocycles. The van der Waals surface area contributed by atoms with E-state index in [1.165, 1.54) is 24.1 Å². The number of hydrogen-bond acceptors (Lipinski definition) is 4. The normalized spacial score (nSPS) is 49.6. The van der Waals surface area contributed by atoms with Crippen molar-refractivity contribution in [3.05, 3.63) is 12.2 Å². The van der Waals surface area contributed by atoms with Gasteiger partial charge in [-0.2, -0.15) is 0 Å². The molecule has 1 aliphatic heterocycles. The Kier molecular flexibility index (Phi) is 4.50. The van der Waals surface area contributed by atoms with E-state index in [4.69, 9.17) is 4.84 Å². The molecule has 0 radical (unpaired) electrons. The Morgan fingerprint density at radius 1 is 1.11 bits per heavy atom. The third-order valence-corrected chi connectivity index (χ3v) is 9.52. The van der Waals surface area contributed by atoms with Gasteiger partial charge in [0.05, 0.1) is 5.71 Å². The monoisotopic (exact) mass is 384 g/mol. The summed E-state index contributed by atoms with van der Waals surface area (Å²) in [5.74, 6) is 3.06. The van der Waals surface area contributed by atoms with Crippen LogP contribution in [0.15, 0.2) is 17.3 Å². The molecule has 0 bridgehead atoms. The van der Waals surface area contributed by atoms with Crippen LogP contribution in [0.5, 0.6) is 0 Å². The van der Waals surface area contributed by atoms with Crippen LogP contribution < -0.4 is 5.32 Å². The Labute approximate surface area is 169 Å². The Hall–Kier alpha value is -1.16. The fourth-order valence-corrected chi connectivity index (χ4v) is 7.77. The van der Waals surface area contributed by atoms with Gasteiger partial charge in [-0.05, 0) is 80.6 Å². The smallest absolute Gasteiger partial charge is 0.141 e.